The van der Waals surface area contributed by atoms with E-state index in [1.54, 1.807) is 24.3 Å². The molecule has 5 nitrogen and oxygen atoms in total. The summed E-state index contributed by atoms with van der Waals surface area (Å²) >= 11 is 1.40. The van der Waals surface area contributed by atoms with Crippen molar-refractivity contribution in [1.29, 1.82) is 0 Å². The van der Waals surface area contributed by atoms with E-state index < -0.39 is 23.4 Å². The van der Waals surface area contributed by atoms with Crippen LogP contribution >= 0.6 is 11.8 Å². The monoisotopic (exact) mass is 540 g/mol. The molecule has 1 aliphatic heterocycles. The number of Topliss-reactive ketones (excluding diaryl/α,β-unsaturated/α-hetero) is 1. The Kier molecular flexibility index (Phi) is 6.53. The topological polar surface area (TPSA) is 72.8 Å². The van der Waals surface area contributed by atoms with Crippen LogP contribution in [0.4, 0.5) is 4.39 Å². The van der Waals surface area contributed by atoms with Gasteiger partial charge in [0.1, 0.15) is 5.82 Å². The van der Waals surface area contributed by atoms with Gasteiger partial charge >= 0.3 is 0 Å². The number of fused-ring (bicyclic) bond motifs is 7. The molecule has 1 heterocycles. The fourth-order valence-corrected chi connectivity index (χ4v) is 9.63. The third-order valence-electron chi connectivity index (χ3n) is 10.4. The first-order valence-corrected chi connectivity index (χ1v) is 15.0. The van der Waals surface area contributed by atoms with Gasteiger partial charge in [0.15, 0.2) is 23.5 Å². The molecule has 4 fully saturated rings. The Hall–Kier alpha value is -1.80. The molecule has 0 radical (unpaired) electrons. The number of thioether (sulfide) groups is 1. The van der Waals surface area contributed by atoms with Gasteiger partial charge in [-0.25, -0.2) is 4.39 Å². The first-order chi connectivity index (χ1) is 18.1. The summed E-state index contributed by atoms with van der Waals surface area (Å²) in [5.74, 6) is 0.253. The highest BCUT2D eigenvalue weighted by atomic mass is 32.2. The molecule has 1 N–H and O–H groups in total. The second kappa shape index (κ2) is 9.39. The van der Waals surface area contributed by atoms with Crippen LogP contribution in [0.1, 0.15) is 59.3 Å². The van der Waals surface area contributed by atoms with E-state index >= 15 is 0 Å². The number of carbonyl (C=O) groups excluding carboxylic acids is 2. The lowest BCUT2D eigenvalue weighted by molar-refractivity contribution is -0.197. The molecule has 38 heavy (non-hydrogen) atoms. The van der Waals surface area contributed by atoms with Crippen molar-refractivity contribution in [2.24, 2.45) is 28.6 Å². The Labute approximate surface area is 228 Å². The zero-order valence-corrected chi connectivity index (χ0v) is 23.1. The van der Waals surface area contributed by atoms with Crippen molar-refractivity contribution in [3.63, 3.8) is 0 Å². The van der Waals surface area contributed by atoms with Crippen molar-refractivity contribution in [2.45, 2.75) is 88.3 Å². The van der Waals surface area contributed by atoms with E-state index in [1.165, 1.54) is 23.9 Å². The van der Waals surface area contributed by atoms with Crippen LogP contribution < -0.4 is 0 Å². The molecule has 0 bridgehead atoms. The fraction of sp³-hybridized carbons (Fsp3) is 0.613. The van der Waals surface area contributed by atoms with E-state index in [2.05, 4.69) is 20.8 Å². The van der Waals surface area contributed by atoms with Crippen LogP contribution in [0, 0.1) is 34.4 Å². The van der Waals surface area contributed by atoms with Crippen molar-refractivity contribution < 1.29 is 28.6 Å². The maximum atomic E-state index is 14.3. The molecule has 0 aromatic heterocycles. The van der Waals surface area contributed by atoms with E-state index in [1.807, 2.05) is 6.08 Å². The average molecular weight is 541 g/mol. The maximum absolute atomic E-state index is 14.3. The number of allylic oxidation sites excluding steroid dienone is 4. The van der Waals surface area contributed by atoms with E-state index in [-0.39, 0.29) is 52.4 Å². The zero-order chi connectivity index (χ0) is 26.9. The largest absolute Gasteiger partial charge is 0.393 e. The minimum absolute atomic E-state index is 0.00292. The van der Waals surface area contributed by atoms with Gasteiger partial charge in [-0.05, 0) is 80.4 Å². The van der Waals surface area contributed by atoms with Gasteiger partial charge < -0.3 is 14.6 Å². The van der Waals surface area contributed by atoms with Crippen LogP contribution in [0.5, 0.6) is 0 Å². The molecule has 6 rings (SSSR count). The molecule has 7 heteroatoms. The molecule has 1 saturated heterocycles. The third kappa shape index (κ3) is 3.75. The van der Waals surface area contributed by atoms with Gasteiger partial charge in [0.25, 0.3) is 0 Å². The molecule has 1 aromatic carbocycles. The summed E-state index contributed by atoms with van der Waals surface area (Å²) < 4.78 is 26.6. The summed E-state index contributed by atoms with van der Waals surface area (Å²) in [5, 5.41) is 11.8. The number of hydrogen-bond donors (Lipinski definition) is 1. The van der Waals surface area contributed by atoms with Gasteiger partial charge in [-0.2, -0.15) is 0 Å². The molecule has 204 valence electrons. The van der Waals surface area contributed by atoms with Crippen molar-refractivity contribution in [3.8, 4) is 0 Å². The third-order valence-corrected chi connectivity index (χ3v) is 11.4. The molecule has 4 aliphatic carbocycles. The number of carbonyl (C=O) groups is 2. The highest BCUT2D eigenvalue weighted by molar-refractivity contribution is 8.00. The Balaban J connectivity index is 1.34. The van der Waals surface area contributed by atoms with Crippen LogP contribution in [0.3, 0.4) is 0 Å². The molecule has 0 spiro atoms. The van der Waals surface area contributed by atoms with Gasteiger partial charge in [0, 0.05) is 21.6 Å². The summed E-state index contributed by atoms with van der Waals surface area (Å²) in [5.41, 5.74) is -0.944. The number of benzene rings is 1. The number of ether oxygens (including phenoxy) is 2. The predicted octanol–water partition coefficient (Wildman–Crippen LogP) is 5.66. The maximum Gasteiger partial charge on any atom is 0.178 e. The molecule has 9 atom stereocenters. The molecular weight excluding hydrogens is 503 g/mol. The van der Waals surface area contributed by atoms with E-state index in [0.29, 0.717) is 6.42 Å². The van der Waals surface area contributed by atoms with Gasteiger partial charge in [0.05, 0.1) is 18.0 Å². The minimum atomic E-state index is -1.12. The van der Waals surface area contributed by atoms with Gasteiger partial charge in [-0.3, -0.25) is 9.59 Å². The minimum Gasteiger partial charge on any atom is -0.393 e. The van der Waals surface area contributed by atoms with Gasteiger partial charge in [0.2, 0.25) is 0 Å². The average Bonchev–Trinajstić information content (AvgIpc) is 3.36. The van der Waals surface area contributed by atoms with Crippen molar-refractivity contribution in [3.05, 3.63) is 53.9 Å². The van der Waals surface area contributed by atoms with Gasteiger partial charge in [-0.1, -0.05) is 38.8 Å². The quantitative estimate of drug-likeness (QED) is 0.470. The van der Waals surface area contributed by atoms with Crippen molar-refractivity contribution >= 4 is 23.3 Å². The highest BCUT2D eigenvalue weighted by Gasteiger charge is 2.75. The summed E-state index contributed by atoms with van der Waals surface area (Å²) in [6, 6.07) is 6.20. The molecule has 5 aliphatic rings. The van der Waals surface area contributed by atoms with Crippen LogP contribution in [0.15, 0.2) is 53.0 Å². The summed E-state index contributed by atoms with van der Waals surface area (Å²) in [7, 11) is 0. The van der Waals surface area contributed by atoms with Gasteiger partial charge in [-0.15, -0.1) is 11.8 Å². The first kappa shape index (κ1) is 26.4. The summed E-state index contributed by atoms with van der Waals surface area (Å²) in [4.78, 5) is 27.2. The second-order valence-corrected chi connectivity index (χ2v) is 13.4. The number of rotatable bonds is 6. The number of ketones is 2. The lowest BCUT2D eigenvalue weighted by Gasteiger charge is -2.59. The van der Waals surface area contributed by atoms with E-state index in [9.17, 15) is 19.1 Å². The van der Waals surface area contributed by atoms with Crippen molar-refractivity contribution in [2.75, 3.05) is 5.75 Å². The Morgan fingerprint density at radius 3 is 2.74 bits per heavy atom. The number of hydrogen-bond acceptors (Lipinski definition) is 6. The van der Waals surface area contributed by atoms with E-state index in [4.69, 9.17) is 9.47 Å². The zero-order valence-electron chi connectivity index (χ0n) is 22.3. The summed E-state index contributed by atoms with van der Waals surface area (Å²) in [6.07, 6.45) is 8.50. The molecular formula is C31H37FO5S. The molecule has 3 saturated carbocycles. The Bertz CT molecular complexity index is 1200. The highest BCUT2D eigenvalue weighted by Crippen LogP contribution is 2.69. The molecule has 0 amide bonds. The lowest BCUT2D eigenvalue weighted by atomic mass is 9.46. The Morgan fingerprint density at radius 1 is 1.24 bits per heavy atom. The fourth-order valence-electron chi connectivity index (χ4n) is 8.79. The predicted molar refractivity (Wildman–Crippen MR) is 143 cm³/mol. The van der Waals surface area contributed by atoms with E-state index in [0.717, 1.165) is 42.6 Å². The van der Waals surface area contributed by atoms with Crippen LogP contribution in [-0.2, 0) is 19.1 Å². The molecule has 1 aromatic rings. The number of aliphatic hydroxyl groups excluding tert-OH is 1. The van der Waals surface area contributed by atoms with Crippen LogP contribution in [0.2, 0.25) is 0 Å². The Morgan fingerprint density at radius 2 is 2.00 bits per heavy atom. The SMILES string of the molecule is CCCC1O[C@@H]2CC3C4CCC5=CC(=O)C=CC5(C)C4C(O)CC3(C)[C@]2(C(=O)CSc2ccc(F)cc2)O1. The van der Waals surface area contributed by atoms with Crippen LogP contribution in [0.25, 0.3) is 0 Å². The number of aliphatic hydroxyl groups is 1. The smallest absolute Gasteiger partial charge is 0.178 e. The van der Waals surface area contributed by atoms with Crippen LogP contribution in [-0.4, -0.2) is 46.5 Å². The second-order valence-electron chi connectivity index (χ2n) is 12.3. The molecule has 7 unspecified atom stereocenters. The first-order valence-electron chi connectivity index (χ1n) is 14.0. The summed E-state index contributed by atoms with van der Waals surface area (Å²) in [6.45, 7) is 6.38. The standard InChI is InChI=1S/C31H37FO5S/c1-4-5-27-36-26-15-23-22-11-6-18-14-20(33)12-13-29(18,2)28(22)24(34)16-30(23,3)31(26,37-27)25(35)17-38-21-9-7-19(32)8-10-21/h7-10,12-14,22-24,26-28,34H,4-6,11,15-17H2,1-3H3/t22?,23?,24?,26-,27?,28?,29?,30?,31-/m1/s1. The van der Waals surface area contributed by atoms with Crippen molar-refractivity contribution in [1.82, 2.24) is 0 Å². The normalized spacial score (nSPS) is 43.2. The lowest BCUT2D eigenvalue weighted by Crippen LogP contribution is -2.63. The number of halogens is 1.